The van der Waals surface area contributed by atoms with E-state index in [1.165, 1.54) is 24.6 Å². The summed E-state index contributed by atoms with van der Waals surface area (Å²) in [6, 6.07) is 0. The fourth-order valence-corrected chi connectivity index (χ4v) is 2.58. The molecule has 3 rings (SSSR count). The lowest BCUT2D eigenvalue weighted by atomic mass is 10.1. The third kappa shape index (κ3) is 1.85. The van der Waals surface area contributed by atoms with Gasteiger partial charge in [0.25, 0.3) is 5.56 Å². The van der Waals surface area contributed by atoms with E-state index >= 15 is 0 Å². The summed E-state index contributed by atoms with van der Waals surface area (Å²) in [5.74, 6) is 1.24. The highest BCUT2D eigenvalue weighted by atomic mass is 16.2. The van der Waals surface area contributed by atoms with Gasteiger partial charge in [0, 0.05) is 20.0 Å². The number of hydrogen-bond acceptors (Lipinski definition) is 5. The van der Waals surface area contributed by atoms with Gasteiger partial charge >= 0.3 is 5.69 Å². The van der Waals surface area contributed by atoms with Crippen molar-refractivity contribution in [2.24, 2.45) is 14.1 Å². The first kappa shape index (κ1) is 12.0. The predicted molar refractivity (Wildman–Crippen MR) is 68.1 cm³/mol. The van der Waals surface area contributed by atoms with Crippen molar-refractivity contribution < 1.29 is 0 Å². The molecule has 0 atom stereocenters. The molecule has 1 fully saturated rings. The van der Waals surface area contributed by atoms with Crippen LogP contribution < -0.4 is 11.2 Å². The summed E-state index contributed by atoms with van der Waals surface area (Å²) in [5.41, 5.74) is -0.765. The molecule has 3 aliphatic rings. The van der Waals surface area contributed by atoms with Crippen molar-refractivity contribution in [3.63, 3.8) is 0 Å². The Morgan fingerprint density at radius 1 is 1.11 bits per heavy atom. The van der Waals surface area contributed by atoms with Crippen molar-refractivity contribution >= 4 is 0 Å². The zero-order valence-corrected chi connectivity index (χ0v) is 11.0. The van der Waals surface area contributed by atoms with Crippen LogP contribution in [0.25, 0.3) is 11.5 Å². The molecule has 0 saturated heterocycles. The van der Waals surface area contributed by atoms with Crippen molar-refractivity contribution in [2.75, 3.05) is 0 Å². The van der Waals surface area contributed by atoms with E-state index in [1.54, 1.807) is 7.05 Å². The Balaban J connectivity index is 2.27. The Morgan fingerprint density at radius 2 is 1.79 bits per heavy atom. The second-order valence-electron chi connectivity index (χ2n) is 5.01. The molecule has 1 aliphatic carbocycles. The molecule has 0 aromatic carbocycles. The normalized spacial score (nSPS) is 16.3. The molecule has 0 bridgehead atoms. The van der Waals surface area contributed by atoms with Crippen LogP contribution in [0, 0.1) is 0 Å². The topological polar surface area (TPSA) is 82.7 Å². The van der Waals surface area contributed by atoms with Crippen LogP contribution in [0.2, 0.25) is 0 Å². The van der Waals surface area contributed by atoms with Gasteiger partial charge in [0.15, 0.2) is 17.3 Å². The number of rotatable bonds is 1. The summed E-state index contributed by atoms with van der Waals surface area (Å²) in [5, 5.41) is 4.35. The van der Waals surface area contributed by atoms with Crippen LogP contribution >= 0.6 is 0 Å². The number of aromatic nitrogens is 5. The lowest BCUT2D eigenvalue weighted by molar-refractivity contribution is 0.586. The predicted octanol–water partition coefficient (Wildman–Crippen LogP) is 0.0314. The summed E-state index contributed by atoms with van der Waals surface area (Å²) in [6.07, 6.45) is 4.45. The van der Waals surface area contributed by atoms with Crippen molar-refractivity contribution in [3.8, 4) is 11.5 Å². The van der Waals surface area contributed by atoms with E-state index in [9.17, 15) is 9.59 Å². The molecule has 1 saturated carbocycles. The molecule has 2 aliphatic heterocycles. The lowest BCUT2D eigenvalue weighted by Crippen LogP contribution is -2.37. The molecule has 0 radical (unpaired) electrons. The number of aryl methyl sites for hydroxylation is 1. The van der Waals surface area contributed by atoms with Crippen molar-refractivity contribution in [1.82, 2.24) is 24.3 Å². The highest BCUT2D eigenvalue weighted by Gasteiger charge is 2.24. The summed E-state index contributed by atoms with van der Waals surface area (Å²) in [4.78, 5) is 31.8. The number of hydrogen-bond donors (Lipinski definition) is 0. The van der Waals surface area contributed by atoms with E-state index in [4.69, 9.17) is 0 Å². The van der Waals surface area contributed by atoms with Crippen molar-refractivity contribution in [3.05, 3.63) is 26.7 Å². The van der Waals surface area contributed by atoms with Crippen LogP contribution in [0.15, 0.2) is 9.59 Å². The van der Waals surface area contributed by atoms with E-state index in [2.05, 4.69) is 15.1 Å². The first-order valence-corrected chi connectivity index (χ1v) is 6.40. The van der Waals surface area contributed by atoms with E-state index < -0.39 is 11.2 Å². The maximum Gasteiger partial charge on any atom is 0.352 e. The minimum Gasteiger partial charge on any atom is -0.267 e. The molecule has 0 spiro atoms. The molecular formula is C12H15N5O2. The third-order valence-electron chi connectivity index (χ3n) is 3.71. The molecule has 7 nitrogen and oxygen atoms in total. The molecule has 7 heteroatoms. The summed E-state index contributed by atoms with van der Waals surface area (Å²) >= 11 is 0. The molecule has 0 N–H and O–H groups in total. The average molecular weight is 261 g/mol. The van der Waals surface area contributed by atoms with Crippen LogP contribution in [0.1, 0.15) is 37.4 Å². The maximum atomic E-state index is 12.1. The molecule has 100 valence electrons. The van der Waals surface area contributed by atoms with Gasteiger partial charge in [-0.1, -0.05) is 12.8 Å². The van der Waals surface area contributed by atoms with Crippen molar-refractivity contribution in [1.29, 1.82) is 0 Å². The lowest BCUT2D eigenvalue weighted by Gasteiger charge is -2.14. The first-order chi connectivity index (χ1) is 9.08. The minimum atomic E-state index is -0.578. The Hall–Kier alpha value is -2.05. The highest BCUT2D eigenvalue weighted by Crippen LogP contribution is 2.32. The quantitative estimate of drug-likeness (QED) is 0.723. The Labute approximate surface area is 109 Å². The zero-order valence-electron chi connectivity index (χ0n) is 11.0. The van der Waals surface area contributed by atoms with Gasteiger partial charge in [0.2, 0.25) is 0 Å². The van der Waals surface area contributed by atoms with Gasteiger partial charge in [0.05, 0.1) is 0 Å². The van der Waals surface area contributed by atoms with Crippen LogP contribution in [-0.4, -0.2) is 24.3 Å². The Morgan fingerprint density at radius 3 is 2.47 bits per heavy atom. The number of nitrogens with zero attached hydrogens (tertiary/aromatic N) is 5. The highest BCUT2D eigenvalue weighted by molar-refractivity contribution is 5.47. The van der Waals surface area contributed by atoms with Gasteiger partial charge in [-0.3, -0.25) is 9.36 Å². The second kappa shape index (κ2) is 4.25. The second-order valence-corrected chi connectivity index (χ2v) is 5.01. The number of fused-ring (bicyclic) bond motifs is 1. The fourth-order valence-electron chi connectivity index (χ4n) is 2.58. The molecule has 0 aromatic heterocycles. The Kier molecular flexibility index (Phi) is 2.69. The summed E-state index contributed by atoms with van der Waals surface area (Å²) < 4.78 is 2.46. The van der Waals surface area contributed by atoms with E-state index in [0.717, 1.165) is 17.4 Å². The van der Waals surface area contributed by atoms with Gasteiger partial charge in [-0.25, -0.2) is 14.5 Å². The SMILES string of the molecule is Cn1nc(C2CCCC2)nc2c(=O)n(C)c(=O)nc1-2. The minimum absolute atomic E-state index is 0.224. The zero-order chi connectivity index (χ0) is 13.6. The monoisotopic (exact) mass is 261 g/mol. The molecule has 0 amide bonds. The van der Waals surface area contributed by atoms with Crippen LogP contribution in [-0.2, 0) is 14.1 Å². The molecule has 2 heterocycles. The van der Waals surface area contributed by atoms with Gasteiger partial charge in [-0.05, 0) is 12.8 Å². The van der Waals surface area contributed by atoms with E-state index in [1.807, 2.05) is 0 Å². The smallest absolute Gasteiger partial charge is 0.267 e. The van der Waals surface area contributed by atoms with E-state index in [-0.39, 0.29) is 11.5 Å². The van der Waals surface area contributed by atoms with Crippen molar-refractivity contribution in [2.45, 2.75) is 31.6 Å². The molecule has 19 heavy (non-hydrogen) atoms. The van der Waals surface area contributed by atoms with Gasteiger partial charge in [-0.2, -0.15) is 10.1 Å². The Bertz CT molecular complexity index is 711. The van der Waals surface area contributed by atoms with Gasteiger partial charge < -0.3 is 0 Å². The van der Waals surface area contributed by atoms with Crippen LogP contribution in [0.4, 0.5) is 0 Å². The summed E-state index contributed by atoms with van der Waals surface area (Å²) in [7, 11) is 3.10. The largest absolute Gasteiger partial charge is 0.352 e. The van der Waals surface area contributed by atoms with E-state index in [0.29, 0.717) is 11.7 Å². The van der Waals surface area contributed by atoms with Crippen LogP contribution in [0.3, 0.4) is 0 Å². The maximum absolute atomic E-state index is 12.1. The third-order valence-corrected chi connectivity index (χ3v) is 3.71. The van der Waals surface area contributed by atoms with Crippen LogP contribution in [0.5, 0.6) is 0 Å². The average Bonchev–Trinajstić information content (AvgIpc) is 2.91. The molecular weight excluding hydrogens is 246 g/mol. The van der Waals surface area contributed by atoms with Gasteiger partial charge in [-0.15, -0.1) is 0 Å². The molecule has 0 unspecified atom stereocenters. The fraction of sp³-hybridized carbons (Fsp3) is 0.583. The molecule has 0 aromatic rings. The first-order valence-electron chi connectivity index (χ1n) is 6.40. The van der Waals surface area contributed by atoms with Gasteiger partial charge in [0.1, 0.15) is 0 Å². The standard InChI is InChI=1S/C12H15N5O2/c1-16-11(18)8-10(14-12(16)19)17(2)15-9(13-8)7-5-3-4-6-7/h7H,3-6H2,1-2H3. The summed E-state index contributed by atoms with van der Waals surface area (Å²) in [6.45, 7) is 0.